The Balaban J connectivity index is 1.82. The van der Waals surface area contributed by atoms with Crippen molar-refractivity contribution in [2.24, 2.45) is 0 Å². The van der Waals surface area contributed by atoms with E-state index in [4.69, 9.17) is 23.4 Å². The van der Waals surface area contributed by atoms with E-state index in [1.165, 1.54) is 6.33 Å². The minimum Gasteiger partial charge on any atom is -0.479 e. The Morgan fingerprint density at radius 2 is 1.78 bits per heavy atom. The molecule has 0 spiro atoms. The summed E-state index contributed by atoms with van der Waals surface area (Å²) in [6, 6.07) is -0.947. The molecule has 0 radical (unpaired) electrons. The SMILES string of the molecule is COc1ncnc2c(C3C4OC(C)(C)OC4C(CO[Si](C)(C)C(C)(C)C)N3C(=O)OC(C)(C)C)c[nH]c12. The number of rotatable bonds is 5. The normalized spacial score (nSPS) is 26.0. The van der Waals surface area contributed by atoms with Gasteiger partial charge in [0.05, 0.1) is 25.8 Å². The second kappa shape index (κ2) is 9.21. The molecule has 0 aromatic carbocycles. The van der Waals surface area contributed by atoms with Crippen LogP contribution in [-0.4, -0.2) is 77.6 Å². The highest BCUT2D eigenvalue weighted by molar-refractivity contribution is 6.74. The number of aromatic amines is 1. The molecule has 0 bridgehead atoms. The smallest absolute Gasteiger partial charge is 0.411 e. The molecule has 2 aliphatic rings. The summed E-state index contributed by atoms with van der Waals surface area (Å²) >= 11 is 0. The molecule has 4 rings (SSSR count). The fourth-order valence-electron chi connectivity index (χ4n) is 4.77. The van der Waals surface area contributed by atoms with Gasteiger partial charge in [-0.25, -0.2) is 9.78 Å². The minimum absolute atomic E-state index is 0.0117. The first-order chi connectivity index (χ1) is 17.0. The van der Waals surface area contributed by atoms with Crippen LogP contribution in [0.25, 0.3) is 11.0 Å². The van der Waals surface area contributed by atoms with E-state index in [9.17, 15) is 4.79 Å². The molecule has 1 amide bonds. The molecule has 206 valence electrons. The summed E-state index contributed by atoms with van der Waals surface area (Å²) in [5.74, 6) is -0.391. The molecule has 2 fully saturated rings. The molecule has 4 unspecified atom stereocenters. The van der Waals surface area contributed by atoms with Crippen LogP contribution in [0, 0.1) is 0 Å². The molecular weight excluding hydrogens is 492 g/mol. The number of hydrogen-bond donors (Lipinski definition) is 1. The maximum Gasteiger partial charge on any atom is 0.411 e. The fourth-order valence-corrected chi connectivity index (χ4v) is 5.79. The van der Waals surface area contributed by atoms with Crippen LogP contribution in [0.2, 0.25) is 18.1 Å². The molecule has 4 atom stereocenters. The van der Waals surface area contributed by atoms with Crippen LogP contribution in [0.15, 0.2) is 12.5 Å². The van der Waals surface area contributed by atoms with Gasteiger partial charge in [0.2, 0.25) is 5.88 Å². The Bertz CT molecular complexity index is 1150. The number of nitrogens with zero attached hydrogens (tertiary/aromatic N) is 3. The largest absolute Gasteiger partial charge is 0.479 e. The highest BCUT2D eigenvalue weighted by atomic mass is 28.4. The van der Waals surface area contributed by atoms with Crippen molar-refractivity contribution in [1.82, 2.24) is 19.9 Å². The van der Waals surface area contributed by atoms with Crippen LogP contribution in [0.4, 0.5) is 4.79 Å². The number of nitrogens with one attached hydrogen (secondary N) is 1. The number of ether oxygens (including phenoxy) is 4. The monoisotopic (exact) mass is 534 g/mol. The summed E-state index contributed by atoms with van der Waals surface area (Å²) in [4.78, 5) is 27.5. The number of fused-ring (bicyclic) bond motifs is 2. The van der Waals surface area contributed by atoms with E-state index in [1.54, 1.807) is 12.0 Å². The van der Waals surface area contributed by atoms with Crippen molar-refractivity contribution in [3.8, 4) is 5.88 Å². The van der Waals surface area contributed by atoms with Gasteiger partial charge >= 0.3 is 6.09 Å². The standard InChI is InChI=1S/C26H42N4O6Si/c1-24(2,3)36-23(31)30-16(13-33-37(10,11)25(4,5)6)20-21(35-26(7,8)34-20)19(30)15-12-27-18-17(15)28-14-29-22(18)32-9/h12,14,16,19-21,27H,13H2,1-11H3. The van der Waals surface area contributed by atoms with Crippen LogP contribution >= 0.6 is 0 Å². The van der Waals surface area contributed by atoms with E-state index in [2.05, 4.69) is 48.8 Å². The Morgan fingerprint density at radius 1 is 1.14 bits per heavy atom. The van der Waals surface area contributed by atoms with Gasteiger partial charge in [-0.2, -0.15) is 4.98 Å². The first kappa shape index (κ1) is 27.8. The van der Waals surface area contributed by atoms with Gasteiger partial charge < -0.3 is 28.4 Å². The van der Waals surface area contributed by atoms with Gasteiger partial charge in [0, 0.05) is 11.8 Å². The van der Waals surface area contributed by atoms with E-state index in [-0.39, 0.29) is 5.04 Å². The Kier molecular flexibility index (Phi) is 6.93. The molecule has 2 aromatic rings. The summed E-state index contributed by atoms with van der Waals surface area (Å²) in [6.07, 6.45) is 1.99. The van der Waals surface area contributed by atoms with Gasteiger partial charge in [-0.15, -0.1) is 0 Å². The van der Waals surface area contributed by atoms with Crippen molar-refractivity contribution in [3.63, 3.8) is 0 Å². The number of carbonyl (C=O) groups is 1. The van der Waals surface area contributed by atoms with Crippen molar-refractivity contribution in [2.75, 3.05) is 13.7 Å². The fraction of sp³-hybridized carbons (Fsp3) is 0.731. The number of methoxy groups -OCH3 is 1. The van der Waals surface area contributed by atoms with Gasteiger partial charge in [-0.05, 0) is 52.8 Å². The number of likely N-dealkylation sites (tertiary alicyclic amines) is 1. The summed E-state index contributed by atoms with van der Waals surface area (Å²) in [5, 5.41) is 0.0117. The second-order valence-electron chi connectivity index (χ2n) is 12.9. The van der Waals surface area contributed by atoms with Gasteiger partial charge in [0.25, 0.3) is 0 Å². The maximum atomic E-state index is 13.8. The van der Waals surface area contributed by atoms with Crippen molar-refractivity contribution >= 4 is 25.4 Å². The molecule has 2 saturated heterocycles. The van der Waals surface area contributed by atoms with E-state index in [0.717, 1.165) is 5.56 Å². The summed E-state index contributed by atoms with van der Waals surface area (Å²) in [7, 11) is -0.565. The average Bonchev–Trinajstić information content (AvgIpc) is 3.38. The quantitative estimate of drug-likeness (QED) is 0.524. The van der Waals surface area contributed by atoms with Crippen molar-refractivity contribution < 1.29 is 28.2 Å². The van der Waals surface area contributed by atoms with Gasteiger partial charge in [0.1, 0.15) is 35.2 Å². The molecule has 0 aliphatic carbocycles. The molecule has 0 saturated carbocycles. The Hall–Kier alpha value is -2.21. The van der Waals surface area contributed by atoms with Crippen LogP contribution < -0.4 is 4.74 Å². The summed E-state index contributed by atoms with van der Waals surface area (Å²) in [6.45, 7) is 20.7. The molecule has 2 aromatic heterocycles. The molecule has 1 N–H and O–H groups in total. The van der Waals surface area contributed by atoms with Gasteiger partial charge in [0.15, 0.2) is 14.1 Å². The van der Waals surface area contributed by atoms with Crippen molar-refractivity contribution in [1.29, 1.82) is 0 Å². The average molecular weight is 535 g/mol. The number of amides is 1. The molecule has 37 heavy (non-hydrogen) atoms. The zero-order valence-electron chi connectivity index (χ0n) is 24.0. The number of carbonyl (C=O) groups excluding carboxylic acids is 1. The summed E-state index contributed by atoms with van der Waals surface area (Å²) in [5.41, 5.74) is 1.41. The predicted molar refractivity (Wildman–Crippen MR) is 142 cm³/mol. The van der Waals surface area contributed by atoms with E-state index in [1.807, 2.05) is 40.8 Å². The third-order valence-electron chi connectivity index (χ3n) is 7.51. The predicted octanol–water partition coefficient (Wildman–Crippen LogP) is 5.17. The van der Waals surface area contributed by atoms with Crippen molar-refractivity contribution in [3.05, 3.63) is 18.1 Å². The molecule has 4 heterocycles. The lowest BCUT2D eigenvalue weighted by Crippen LogP contribution is -2.50. The highest BCUT2D eigenvalue weighted by Gasteiger charge is 2.61. The zero-order chi connectivity index (χ0) is 27.6. The Labute approximate surface area is 220 Å². The first-order valence-corrected chi connectivity index (χ1v) is 15.7. The molecular formula is C26H42N4O6Si. The topological polar surface area (TPSA) is 108 Å². The lowest BCUT2D eigenvalue weighted by molar-refractivity contribution is -0.168. The number of hydrogen-bond acceptors (Lipinski definition) is 8. The minimum atomic E-state index is -2.13. The molecule has 2 aliphatic heterocycles. The van der Waals surface area contributed by atoms with Gasteiger partial charge in [-0.3, -0.25) is 4.90 Å². The molecule has 10 nitrogen and oxygen atoms in total. The van der Waals surface area contributed by atoms with Crippen LogP contribution in [0.3, 0.4) is 0 Å². The second-order valence-corrected chi connectivity index (χ2v) is 17.7. The number of aromatic nitrogens is 3. The Morgan fingerprint density at radius 3 is 2.38 bits per heavy atom. The lowest BCUT2D eigenvalue weighted by atomic mass is 10.0. The molecule has 11 heteroatoms. The maximum absolute atomic E-state index is 13.8. The highest BCUT2D eigenvalue weighted by Crippen LogP contribution is 2.49. The third-order valence-corrected chi connectivity index (χ3v) is 12.0. The lowest BCUT2D eigenvalue weighted by Gasteiger charge is -2.39. The zero-order valence-corrected chi connectivity index (χ0v) is 25.0. The van der Waals surface area contributed by atoms with E-state index >= 15 is 0 Å². The van der Waals surface area contributed by atoms with Crippen LogP contribution in [0.1, 0.15) is 67.0 Å². The van der Waals surface area contributed by atoms with E-state index < -0.39 is 50.1 Å². The van der Waals surface area contributed by atoms with Crippen molar-refractivity contribution in [2.45, 2.75) is 109 Å². The van der Waals surface area contributed by atoms with Crippen LogP contribution in [0.5, 0.6) is 5.88 Å². The third kappa shape index (κ3) is 5.23. The van der Waals surface area contributed by atoms with E-state index in [0.29, 0.717) is 23.5 Å². The number of H-pyrrole nitrogens is 1. The van der Waals surface area contributed by atoms with Crippen LogP contribution in [-0.2, 0) is 18.6 Å². The van der Waals surface area contributed by atoms with Gasteiger partial charge in [-0.1, -0.05) is 20.8 Å². The first-order valence-electron chi connectivity index (χ1n) is 12.8. The summed E-state index contributed by atoms with van der Waals surface area (Å²) < 4.78 is 30.9.